The standard InChI is InChI=1S/C15H20N2S/c1-12-5-4-6-13(9-12)10-16-14-17-15(11-18-14)7-2-3-8-15/h4-6,9H,2-3,7-8,10-11H2,1H3,(H,16,17). The molecule has 96 valence electrons. The van der Waals surface area contributed by atoms with Gasteiger partial charge in [0.1, 0.15) is 0 Å². The normalized spacial score (nSPS) is 23.7. The number of hydrogen-bond donors (Lipinski definition) is 1. The van der Waals surface area contributed by atoms with Crippen molar-refractivity contribution >= 4 is 16.9 Å². The average molecular weight is 260 g/mol. The molecule has 2 fully saturated rings. The SMILES string of the molecule is Cc1cccc(CN=C2NC3(CCCC3)CS2)c1. The van der Waals surface area contributed by atoms with Gasteiger partial charge in [-0.15, -0.1) is 0 Å². The van der Waals surface area contributed by atoms with Crippen molar-refractivity contribution in [2.24, 2.45) is 4.99 Å². The molecule has 1 aromatic rings. The van der Waals surface area contributed by atoms with Crippen LogP contribution in [0.15, 0.2) is 29.3 Å². The van der Waals surface area contributed by atoms with Gasteiger partial charge in [0.2, 0.25) is 0 Å². The Morgan fingerprint density at radius 3 is 2.94 bits per heavy atom. The molecule has 1 N–H and O–H groups in total. The topological polar surface area (TPSA) is 24.4 Å². The van der Waals surface area contributed by atoms with E-state index in [2.05, 4.69) is 36.5 Å². The summed E-state index contributed by atoms with van der Waals surface area (Å²) in [7, 11) is 0. The molecule has 3 heteroatoms. The van der Waals surface area contributed by atoms with Crippen LogP contribution >= 0.6 is 11.8 Å². The predicted molar refractivity (Wildman–Crippen MR) is 79.1 cm³/mol. The van der Waals surface area contributed by atoms with Gasteiger partial charge in [0.15, 0.2) is 5.17 Å². The minimum Gasteiger partial charge on any atom is -0.359 e. The van der Waals surface area contributed by atoms with E-state index in [4.69, 9.17) is 4.99 Å². The number of aryl methyl sites for hydroxylation is 1. The van der Waals surface area contributed by atoms with Gasteiger partial charge in [-0.05, 0) is 25.3 Å². The molecule has 0 bridgehead atoms. The van der Waals surface area contributed by atoms with Gasteiger partial charge < -0.3 is 5.32 Å². The Balaban J connectivity index is 1.64. The lowest BCUT2D eigenvalue weighted by atomic mass is 10.0. The monoisotopic (exact) mass is 260 g/mol. The van der Waals surface area contributed by atoms with Crippen molar-refractivity contribution in [3.63, 3.8) is 0 Å². The molecule has 1 heterocycles. The highest BCUT2D eigenvalue weighted by atomic mass is 32.2. The molecule has 0 radical (unpaired) electrons. The Labute approximate surface area is 113 Å². The van der Waals surface area contributed by atoms with E-state index in [9.17, 15) is 0 Å². The number of rotatable bonds is 2. The zero-order valence-corrected chi connectivity index (χ0v) is 11.7. The predicted octanol–water partition coefficient (Wildman–Crippen LogP) is 3.50. The van der Waals surface area contributed by atoms with Gasteiger partial charge in [-0.25, -0.2) is 0 Å². The summed E-state index contributed by atoms with van der Waals surface area (Å²) < 4.78 is 0. The van der Waals surface area contributed by atoms with E-state index >= 15 is 0 Å². The lowest BCUT2D eigenvalue weighted by Gasteiger charge is -2.21. The van der Waals surface area contributed by atoms with Crippen molar-refractivity contribution < 1.29 is 0 Å². The molecule has 18 heavy (non-hydrogen) atoms. The van der Waals surface area contributed by atoms with E-state index in [0.29, 0.717) is 5.54 Å². The highest BCUT2D eigenvalue weighted by Gasteiger charge is 2.39. The minimum atomic E-state index is 0.385. The summed E-state index contributed by atoms with van der Waals surface area (Å²) in [6, 6.07) is 8.61. The molecule has 0 atom stereocenters. The Hall–Kier alpha value is -0.960. The molecule has 1 aromatic carbocycles. The van der Waals surface area contributed by atoms with Gasteiger partial charge in [-0.2, -0.15) is 0 Å². The molecule has 1 saturated carbocycles. The van der Waals surface area contributed by atoms with Crippen LogP contribution in [0.2, 0.25) is 0 Å². The van der Waals surface area contributed by atoms with E-state index in [1.54, 1.807) is 0 Å². The molecule has 0 aromatic heterocycles. The Bertz CT molecular complexity index is 461. The number of thioether (sulfide) groups is 1. The van der Waals surface area contributed by atoms with Crippen molar-refractivity contribution in [3.8, 4) is 0 Å². The molecule has 3 rings (SSSR count). The van der Waals surface area contributed by atoms with Crippen LogP contribution in [-0.4, -0.2) is 16.5 Å². The summed E-state index contributed by atoms with van der Waals surface area (Å²) in [4.78, 5) is 4.72. The maximum absolute atomic E-state index is 4.72. The van der Waals surface area contributed by atoms with Gasteiger partial charge in [-0.3, -0.25) is 4.99 Å². The molecule has 1 saturated heterocycles. The van der Waals surface area contributed by atoms with Crippen LogP contribution in [0.5, 0.6) is 0 Å². The highest BCUT2D eigenvalue weighted by Crippen LogP contribution is 2.37. The van der Waals surface area contributed by atoms with E-state index in [0.717, 1.165) is 11.7 Å². The van der Waals surface area contributed by atoms with Crippen LogP contribution in [0.1, 0.15) is 36.8 Å². The van der Waals surface area contributed by atoms with Crippen molar-refractivity contribution in [3.05, 3.63) is 35.4 Å². The summed E-state index contributed by atoms with van der Waals surface area (Å²) in [6.07, 6.45) is 5.39. The van der Waals surface area contributed by atoms with Crippen molar-refractivity contribution in [2.45, 2.75) is 44.7 Å². The van der Waals surface area contributed by atoms with Crippen LogP contribution < -0.4 is 5.32 Å². The molecule has 0 amide bonds. The lowest BCUT2D eigenvalue weighted by Crippen LogP contribution is -2.40. The van der Waals surface area contributed by atoms with Crippen LogP contribution in [0.4, 0.5) is 0 Å². The number of hydrogen-bond acceptors (Lipinski definition) is 2. The first-order valence-corrected chi connectivity index (χ1v) is 7.75. The second-order valence-corrected chi connectivity index (χ2v) is 6.48. The van der Waals surface area contributed by atoms with Crippen LogP contribution in [0.25, 0.3) is 0 Å². The van der Waals surface area contributed by atoms with Gasteiger partial charge in [-0.1, -0.05) is 54.4 Å². The molecular weight excluding hydrogens is 240 g/mol. The fourth-order valence-electron chi connectivity index (χ4n) is 2.89. The quantitative estimate of drug-likeness (QED) is 0.880. The molecule has 2 nitrogen and oxygen atoms in total. The lowest BCUT2D eigenvalue weighted by molar-refractivity contribution is 0.452. The first-order valence-electron chi connectivity index (χ1n) is 6.77. The summed E-state index contributed by atoms with van der Waals surface area (Å²) in [6.45, 7) is 2.93. The molecule has 0 unspecified atom stereocenters. The number of amidine groups is 1. The zero-order valence-electron chi connectivity index (χ0n) is 10.9. The largest absolute Gasteiger partial charge is 0.359 e. The Morgan fingerprint density at radius 1 is 1.33 bits per heavy atom. The van der Waals surface area contributed by atoms with E-state index in [1.807, 2.05) is 11.8 Å². The third kappa shape index (κ3) is 2.56. The second-order valence-electron chi connectivity index (χ2n) is 5.51. The van der Waals surface area contributed by atoms with Gasteiger partial charge in [0, 0.05) is 11.3 Å². The van der Waals surface area contributed by atoms with Gasteiger partial charge in [0.05, 0.1) is 6.54 Å². The third-order valence-corrected chi connectivity index (χ3v) is 5.11. The number of benzene rings is 1. The molecule has 1 aliphatic carbocycles. The van der Waals surface area contributed by atoms with E-state index < -0.39 is 0 Å². The van der Waals surface area contributed by atoms with Crippen LogP contribution in [0.3, 0.4) is 0 Å². The maximum Gasteiger partial charge on any atom is 0.157 e. The highest BCUT2D eigenvalue weighted by molar-refractivity contribution is 8.14. The number of nitrogens with one attached hydrogen (secondary N) is 1. The Kier molecular flexibility index (Phi) is 3.33. The fraction of sp³-hybridized carbons (Fsp3) is 0.533. The Morgan fingerprint density at radius 2 is 2.17 bits per heavy atom. The summed E-state index contributed by atoms with van der Waals surface area (Å²) >= 11 is 1.90. The van der Waals surface area contributed by atoms with Crippen molar-refractivity contribution in [2.75, 3.05) is 5.75 Å². The molecule has 1 aliphatic heterocycles. The van der Waals surface area contributed by atoms with E-state index in [1.165, 1.54) is 42.6 Å². The maximum atomic E-state index is 4.72. The average Bonchev–Trinajstić information content (AvgIpc) is 2.98. The smallest absolute Gasteiger partial charge is 0.157 e. The summed E-state index contributed by atoms with van der Waals surface area (Å²) in [5, 5.41) is 4.82. The summed E-state index contributed by atoms with van der Waals surface area (Å²) in [5.41, 5.74) is 3.00. The molecule has 2 aliphatic rings. The molecular formula is C15H20N2S. The van der Waals surface area contributed by atoms with Gasteiger partial charge in [0.25, 0.3) is 0 Å². The summed E-state index contributed by atoms with van der Waals surface area (Å²) in [5.74, 6) is 1.21. The number of nitrogens with zero attached hydrogens (tertiary/aromatic N) is 1. The van der Waals surface area contributed by atoms with Gasteiger partial charge >= 0.3 is 0 Å². The first kappa shape index (κ1) is 12.1. The van der Waals surface area contributed by atoms with E-state index in [-0.39, 0.29) is 0 Å². The third-order valence-electron chi connectivity index (χ3n) is 3.91. The van der Waals surface area contributed by atoms with Crippen LogP contribution in [0, 0.1) is 6.92 Å². The van der Waals surface area contributed by atoms with Crippen LogP contribution in [-0.2, 0) is 6.54 Å². The molecule has 1 spiro atoms. The zero-order chi connectivity index (χ0) is 12.4. The minimum absolute atomic E-state index is 0.385. The second kappa shape index (κ2) is 4.96. The van der Waals surface area contributed by atoms with Crippen molar-refractivity contribution in [1.29, 1.82) is 0 Å². The fourth-order valence-corrected chi connectivity index (χ4v) is 4.10. The first-order chi connectivity index (χ1) is 8.76. The number of aliphatic imine (C=N–C) groups is 1. The van der Waals surface area contributed by atoms with Crippen molar-refractivity contribution in [1.82, 2.24) is 5.32 Å².